The fraction of sp³-hybridized carbons (Fsp3) is 0.214. The Hall–Kier alpha value is -4.11. The Morgan fingerprint density at radius 3 is 2.41 bits per heavy atom. The fourth-order valence-corrected chi connectivity index (χ4v) is 4.26. The van der Waals surface area contributed by atoms with Gasteiger partial charge in [0, 0.05) is 17.5 Å². The standard InChI is InChI=1S/C28H27FN4O3S/c1-2-3-17-36-23-15-11-20(12-16-23)25(34)30-24(18-19-7-5-4-6-8-19)26(35)31-28-33-32-27(37-28)21-9-13-22(29)14-10-21/h4-16,24H,2-3,17-18H2,1H3,(H,30,34)(H,31,33,35). The van der Waals surface area contributed by atoms with E-state index >= 15 is 0 Å². The monoisotopic (exact) mass is 518 g/mol. The molecule has 0 spiro atoms. The summed E-state index contributed by atoms with van der Waals surface area (Å²) >= 11 is 1.17. The summed E-state index contributed by atoms with van der Waals surface area (Å²) in [6.07, 6.45) is 2.29. The van der Waals surface area contributed by atoms with E-state index in [1.807, 2.05) is 30.3 Å². The van der Waals surface area contributed by atoms with Crippen LogP contribution in [0, 0.1) is 5.82 Å². The molecule has 9 heteroatoms. The summed E-state index contributed by atoms with van der Waals surface area (Å²) < 4.78 is 18.9. The van der Waals surface area contributed by atoms with E-state index in [0.29, 0.717) is 34.9 Å². The number of hydrogen-bond donors (Lipinski definition) is 2. The van der Waals surface area contributed by atoms with Crippen molar-refractivity contribution in [3.63, 3.8) is 0 Å². The predicted molar refractivity (Wildman–Crippen MR) is 142 cm³/mol. The van der Waals surface area contributed by atoms with E-state index in [0.717, 1.165) is 18.4 Å². The van der Waals surface area contributed by atoms with Crippen molar-refractivity contribution in [1.82, 2.24) is 15.5 Å². The molecule has 0 aliphatic rings. The lowest BCUT2D eigenvalue weighted by Gasteiger charge is -2.18. The van der Waals surface area contributed by atoms with Gasteiger partial charge >= 0.3 is 0 Å². The summed E-state index contributed by atoms with van der Waals surface area (Å²) in [5.41, 5.74) is 2.01. The average molecular weight is 519 g/mol. The van der Waals surface area contributed by atoms with Gasteiger partial charge in [-0.3, -0.25) is 14.9 Å². The lowest BCUT2D eigenvalue weighted by molar-refractivity contribution is -0.118. The summed E-state index contributed by atoms with van der Waals surface area (Å²) in [7, 11) is 0. The third-order valence-corrected chi connectivity index (χ3v) is 6.42. The molecule has 0 aliphatic carbocycles. The molecule has 4 rings (SSSR count). The molecule has 37 heavy (non-hydrogen) atoms. The Bertz CT molecular complexity index is 1310. The normalized spacial score (nSPS) is 11.5. The molecule has 2 N–H and O–H groups in total. The Labute approximate surface area is 218 Å². The number of nitrogens with one attached hydrogen (secondary N) is 2. The first-order valence-electron chi connectivity index (χ1n) is 12.0. The molecule has 1 atom stereocenters. The van der Waals surface area contributed by atoms with Crippen molar-refractivity contribution in [3.8, 4) is 16.3 Å². The van der Waals surface area contributed by atoms with Gasteiger partial charge in [-0.15, -0.1) is 10.2 Å². The summed E-state index contributed by atoms with van der Waals surface area (Å²) in [5.74, 6) is -0.448. The van der Waals surface area contributed by atoms with Crippen LogP contribution in [0.5, 0.6) is 5.75 Å². The van der Waals surface area contributed by atoms with Crippen LogP contribution in [0.2, 0.25) is 0 Å². The largest absolute Gasteiger partial charge is 0.494 e. The first kappa shape index (κ1) is 26.0. The smallest absolute Gasteiger partial charge is 0.251 e. The van der Waals surface area contributed by atoms with Gasteiger partial charge in [0.15, 0.2) is 0 Å². The molecule has 7 nitrogen and oxygen atoms in total. The fourth-order valence-electron chi connectivity index (χ4n) is 3.51. The van der Waals surface area contributed by atoms with Crippen molar-refractivity contribution < 1.29 is 18.7 Å². The minimum Gasteiger partial charge on any atom is -0.494 e. The highest BCUT2D eigenvalue weighted by Gasteiger charge is 2.23. The molecule has 190 valence electrons. The van der Waals surface area contributed by atoms with E-state index in [1.54, 1.807) is 36.4 Å². The lowest BCUT2D eigenvalue weighted by atomic mass is 10.0. The molecule has 2 amide bonds. The zero-order valence-electron chi connectivity index (χ0n) is 20.3. The van der Waals surface area contributed by atoms with Gasteiger partial charge < -0.3 is 10.1 Å². The van der Waals surface area contributed by atoms with E-state index < -0.39 is 11.9 Å². The Morgan fingerprint density at radius 1 is 0.973 bits per heavy atom. The highest BCUT2D eigenvalue weighted by Crippen LogP contribution is 2.26. The van der Waals surface area contributed by atoms with Gasteiger partial charge in [-0.05, 0) is 60.5 Å². The third-order valence-electron chi connectivity index (χ3n) is 5.53. The number of aromatic nitrogens is 2. The van der Waals surface area contributed by atoms with Gasteiger partial charge in [0.05, 0.1) is 6.61 Å². The Balaban J connectivity index is 1.45. The highest BCUT2D eigenvalue weighted by molar-refractivity contribution is 7.18. The predicted octanol–water partition coefficient (Wildman–Crippen LogP) is 5.50. The second-order valence-corrected chi connectivity index (χ2v) is 9.33. The lowest BCUT2D eigenvalue weighted by Crippen LogP contribution is -2.45. The molecule has 4 aromatic rings. The first-order valence-corrected chi connectivity index (χ1v) is 12.8. The molecule has 0 bridgehead atoms. The summed E-state index contributed by atoms with van der Waals surface area (Å²) in [6, 6.07) is 21.3. The summed E-state index contributed by atoms with van der Waals surface area (Å²) in [4.78, 5) is 26.2. The summed E-state index contributed by atoms with van der Waals surface area (Å²) in [5, 5.41) is 14.5. The number of carbonyl (C=O) groups is 2. The maximum absolute atomic E-state index is 13.2. The van der Waals surface area contributed by atoms with Gasteiger partial charge in [0.25, 0.3) is 5.91 Å². The molecule has 0 saturated heterocycles. The van der Waals surface area contributed by atoms with Crippen molar-refractivity contribution in [2.75, 3.05) is 11.9 Å². The van der Waals surface area contributed by atoms with Crippen LogP contribution in [0.25, 0.3) is 10.6 Å². The van der Waals surface area contributed by atoms with E-state index in [-0.39, 0.29) is 16.9 Å². The van der Waals surface area contributed by atoms with Crippen molar-refractivity contribution in [1.29, 1.82) is 0 Å². The van der Waals surface area contributed by atoms with Crippen LogP contribution in [-0.2, 0) is 11.2 Å². The number of hydrogen-bond acceptors (Lipinski definition) is 6. The number of rotatable bonds is 11. The Kier molecular flexibility index (Phi) is 8.93. The number of carbonyl (C=O) groups excluding carboxylic acids is 2. The molecule has 0 saturated carbocycles. The number of benzene rings is 3. The molecule has 3 aromatic carbocycles. The molecular weight excluding hydrogens is 491 g/mol. The third kappa shape index (κ3) is 7.44. The minimum absolute atomic E-state index is 0.283. The maximum Gasteiger partial charge on any atom is 0.251 e. The number of anilines is 1. The number of ether oxygens (including phenoxy) is 1. The van der Waals surface area contributed by atoms with Gasteiger partial charge in [0.1, 0.15) is 22.6 Å². The van der Waals surface area contributed by atoms with E-state index in [2.05, 4.69) is 27.8 Å². The molecule has 1 unspecified atom stereocenters. The van der Waals surface area contributed by atoms with Gasteiger partial charge in [-0.25, -0.2) is 4.39 Å². The average Bonchev–Trinajstić information content (AvgIpc) is 3.38. The van der Waals surface area contributed by atoms with Crippen LogP contribution in [0.4, 0.5) is 9.52 Å². The Morgan fingerprint density at radius 2 is 1.70 bits per heavy atom. The highest BCUT2D eigenvalue weighted by atomic mass is 32.1. The maximum atomic E-state index is 13.2. The molecule has 0 radical (unpaired) electrons. The zero-order chi connectivity index (χ0) is 26.0. The van der Waals surface area contributed by atoms with Crippen LogP contribution < -0.4 is 15.4 Å². The van der Waals surface area contributed by atoms with Crippen molar-refractivity contribution in [2.24, 2.45) is 0 Å². The number of amides is 2. The van der Waals surface area contributed by atoms with Crippen LogP contribution in [-0.4, -0.2) is 34.7 Å². The number of nitrogens with zero attached hydrogens (tertiary/aromatic N) is 2. The number of halogens is 1. The van der Waals surface area contributed by atoms with E-state index in [4.69, 9.17) is 4.74 Å². The van der Waals surface area contributed by atoms with E-state index in [1.165, 1.54) is 23.5 Å². The van der Waals surface area contributed by atoms with Crippen LogP contribution in [0.1, 0.15) is 35.7 Å². The van der Waals surface area contributed by atoms with Gasteiger partial charge in [0.2, 0.25) is 11.0 Å². The SMILES string of the molecule is CCCCOc1ccc(C(=O)NC(Cc2ccccc2)C(=O)Nc2nnc(-c3ccc(F)cc3)s2)cc1. The zero-order valence-corrected chi connectivity index (χ0v) is 21.1. The summed E-state index contributed by atoms with van der Waals surface area (Å²) in [6.45, 7) is 2.71. The molecule has 0 fully saturated rings. The molecular formula is C28H27FN4O3S. The second kappa shape index (κ2) is 12.7. The molecule has 0 aliphatic heterocycles. The minimum atomic E-state index is -0.853. The van der Waals surface area contributed by atoms with Crippen molar-refractivity contribution >= 4 is 28.3 Å². The quantitative estimate of drug-likeness (QED) is 0.256. The molecule has 1 aromatic heterocycles. The van der Waals surface area contributed by atoms with Gasteiger partial charge in [-0.2, -0.15) is 0 Å². The van der Waals surface area contributed by atoms with Crippen molar-refractivity contribution in [3.05, 3.63) is 95.8 Å². The van der Waals surface area contributed by atoms with Crippen LogP contribution >= 0.6 is 11.3 Å². The van der Waals surface area contributed by atoms with Crippen molar-refractivity contribution in [2.45, 2.75) is 32.2 Å². The van der Waals surface area contributed by atoms with Crippen LogP contribution in [0.15, 0.2) is 78.9 Å². The second-order valence-electron chi connectivity index (χ2n) is 8.35. The van der Waals surface area contributed by atoms with E-state index in [9.17, 15) is 14.0 Å². The number of unbranched alkanes of at least 4 members (excludes halogenated alkanes) is 1. The first-order chi connectivity index (χ1) is 18.0. The van der Waals surface area contributed by atoms with Gasteiger partial charge in [-0.1, -0.05) is 55.0 Å². The topological polar surface area (TPSA) is 93.2 Å². The van der Waals surface area contributed by atoms with Crippen LogP contribution in [0.3, 0.4) is 0 Å². The molecule has 1 heterocycles.